The van der Waals surface area contributed by atoms with Crippen LogP contribution in [-0.4, -0.2) is 9.97 Å². The fraction of sp³-hybridized carbons (Fsp3) is 0.400. The zero-order valence-corrected chi connectivity index (χ0v) is 10.4. The van der Waals surface area contributed by atoms with Crippen LogP contribution in [0.15, 0.2) is 17.1 Å². The number of nitrogens with one attached hydrogen (secondary N) is 1. The predicted octanol–water partition coefficient (Wildman–Crippen LogP) is 2.76. The molecule has 0 radical (unpaired) electrons. The van der Waals surface area contributed by atoms with Crippen molar-refractivity contribution in [2.45, 2.75) is 26.4 Å². The van der Waals surface area contributed by atoms with Gasteiger partial charge in [-0.25, -0.2) is 9.97 Å². The maximum atomic E-state index is 4.25. The number of aromatic nitrogens is 2. The fourth-order valence-electron chi connectivity index (χ4n) is 1.40. The number of hydrogen-bond donors (Lipinski definition) is 1. The van der Waals surface area contributed by atoms with Crippen LogP contribution in [0.25, 0.3) is 0 Å². The first kappa shape index (κ1) is 10.7. The molecule has 15 heavy (non-hydrogen) atoms. The van der Waals surface area contributed by atoms with Gasteiger partial charge in [0.1, 0.15) is 5.01 Å². The van der Waals surface area contributed by atoms with E-state index in [0.717, 1.165) is 17.2 Å². The van der Waals surface area contributed by atoms with Crippen LogP contribution in [0.4, 0.5) is 0 Å². The third-order valence-electron chi connectivity index (χ3n) is 2.22. The standard InChI is InChI=1S/C10H13N3S2/c1-7(10-8(2)13-6-15-10)12-5-9-11-3-4-14-9/h3-4,6-7,12H,5H2,1-2H3. The molecular weight excluding hydrogens is 226 g/mol. The lowest BCUT2D eigenvalue weighted by molar-refractivity contribution is 0.578. The van der Waals surface area contributed by atoms with Gasteiger partial charge in [0.25, 0.3) is 0 Å². The van der Waals surface area contributed by atoms with Crippen molar-refractivity contribution >= 4 is 22.7 Å². The van der Waals surface area contributed by atoms with Crippen LogP contribution in [0.1, 0.15) is 28.5 Å². The number of rotatable bonds is 4. The first-order chi connectivity index (χ1) is 7.27. The van der Waals surface area contributed by atoms with Gasteiger partial charge in [0.15, 0.2) is 0 Å². The van der Waals surface area contributed by atoms with Crippen molar-refractivity contribution in [1.29, 1.82) is 0 Å². The maximum absolute atomic E-state index is 4.25. The van der Waals surface area contributed by atoms with Crippen LogP contribution in [0.3, 0.4) is 0 Å². The Morgan fingerprint density at radius 3 is 2.87 bits per heavy atom. The topological polar surface area (TPSA) is 37.8 Å². The van der Waals surface area contributed by atoms with Gasteiger partial charge in [-0.2, -0.15) is 0 Å². The van der Waals surface area contributed by atoms with E-state index < -0.39 is 0 Å². The second-order valence-electron chi connectivity index (χ2n) is 3.33. The number of nitrogens with zero attached hydrogens (tertiary/aromatic N) is 2. The van der Waals surface area contributed by atoms with Gasteiger partial charge in [0.05, 0.1) is 11.2 Å². The van der Waals surface area contributed by atoms with E-state index in [4.69, 9.17) is 0 Å². The SMILES string of the molecule is Cc1ncsc1C(C)NCc1nccs1. The monoisotopic (exact) mass is 239 g/mol. The second kappa shape index (κ2) is 4.83. The van der Waals surface area contributed by atoms with E-state index in [1.807, 2.05) is 24.0 Å². The van der Waals surface area contributed by atoms with E-state index >= 15 is 0 Å². The summed E-state index contributed by atoms with van der Waals surface area (Å²) in [7, 11) is 0. The number of hydrogen-bond acceptors (Lipinski definition) is 5. The molecule has 80 valence electrons. The molecule has 1 N–H and O–H groups in total. The van der Waals surface area contributed by atoms with Gasteiger partial charge in [-0.15, -0.1) is 22.7 Å². The highest BCUT2D eigenvalue weighted by Crippen LogP contribution is 2.21. The Balaban J connectivity index is 1.93. The lowest BCUT2D eigenvalue weighted by atomic mass is 10.2. The van der Waals surface area contributed by atoms with Gasteiger partial charge in [-0.05, 0) is 13.8 Å². The van der Waals surface area contributed by atoms with Crippen molar-refractivity contribution in [3.8, 4) is 0 Å². The Bertz CT molecular complexity index is 408. The summed E-state index contributed by atoms with van der Waals surface area (Å²) in [6.07, 6.45) is 1.84. The first-order valence-electron chi connectivity index (χ1n) is 4.79. The van der Waals surface area contributed by atoms with Crippen LogP contribution in [0, 0.1) is 6.92 Å². The molecule has 2 rings (SSSR count). The predicted molar refractivity (Wildman–Crippen MR) is 64.2 cm³/mol. The molecule has 3 nitrogen and oxygen atoms in total. The van der Waals surface area contributed by atoms with E-state index in [9.17, 15) is 0 Å². The maximum Gasteiger partial charge on any atom is 0.106 e. The molecule has 2 aromatic heterocycles. The summed E-state index contributed by atoms with van der Waals surface area (Å²) in [6.45, 7) is 5.04. The van der Waals surface area contributed by atoms with Gasteiger partial charge < -0.3 is 5.32 Å². The smallest absolute Gasteiger partial charge is 0.106 e. The van der Waals surface area contributed by atoms with Crippen molar-refractivity contribution in [2.24, 2.45) is 0 Å². The third kappa shape index (κ3) is 2.62. The van der Waals surface area contributed by atoms with Gasteiger partial charge in [-0.3, -0.25) is 0 Å². The molecule has 0 saturated heterocycles. The van der Waals surface area contributed by atoms with Crippen molar-refractivity contribution in [3.63, 3.8) is 0 Å². The molecule has 0 amide bonds. The Morgan fingerprint density at radius 2 is 2.27 bits per heavy atom. The van der Waals surface area contributed by atoms with E-state index in [-0.39, 0.29) is 0 Å². The highest BCUT2D eigenvalue weighted by molar-refractivity contribution is 7.10. The van der Waals surface area contributed by atoms with Crippen LogP contribution < -0.4 is 5.32 Å². The molecular formula is C10H13N3S2. The summed E-state index contributed by atoms with van der Waals surface area (Å²) >= 11 is 3.38. The molecule has 0 bridgehead atoms. The summed E-state index contributed by atoms with van der Waals surface area (Å²) in [5.41, 5.74) is 3.02. The number of thiazole rings is 2. The van der Waals surface area contributed by atoms with Crippen LogP contribution in [0.2, 0.25) is 0 Å². The minimum absolute atomic E-state index is 0.349. The van der Waals surface area contributed by atoms with Crippen LogP contribution in [0.5, 0.6) is 0 Å². The minimum atomic E-state index is 0.349. The average molecular weight is 239 g/mol. The fourth-order valence-corrected chi connectivity index (χ4v) is 2.80. The van der Waals surface area contributed by atoms with E-state index in [0.29, 0.717) is 6.04 Å². The summed E-state index contributed by atoms with van der Waals surface area (Å²) < 4.78 is 0. The van der Waals surface area contributed by atoms with Gasteiger partial charge >= 0.3 is 0 Å². The molecule has 1 unspecified atom stereocenters. The van der Waals surface area contributed by atoms with E-state index in [1.165, 1.54) is 4.88 Å². The molecule has 5 heteroatoms. The summed E-state index contributed by atoms with van der Waals surface area (Å²) in [5.74, 6) is 0. The van der Waals surface area contributed by atoms with Crippen molar-refractivity contribution in [1.82, 2.24) is 15.3 Å². The highest BCUT2D eigenvalue weighted by Gasteiger charge is 2.10. The first-order valence-corrected chi connectivity index (χ1v) is 6.55. The molecule has 0 saturated carbocycles. The zero-order valence-electron chi connectivity index (χ0n) is 8.73. The lowest BCUT2D eigenvalue weighted by Gasteiger charge is -2.11. The minimum Gasteiger partial charge on any atom is -0.303 e. The molecule has 0 aliphatic heterocycles. The Hall–Kier alpha value is -0.780. The van der Waals surface area contributed by atoms with Gasteiger partial charge in [0, 0.05) is 29.0 Å². The molecule has 0 aliphatic carbocycles. The highest BCUT2D eigenvalue weighted by atomic mass is 32.1. The summed E-state index contributed by atoms with van der Waals surface area (Å²) in [4.78, 5) is 9.80. The van der Waals surface area contributed by atoms with E-state index in [2.05, 4.69) is 22.2 Å². The Kier molecular flexibility index (Phi) is 3.45. The van der Waals surface area contributed by atoms with Crippen molar-refractivity contribution in [3.05, 3.63) is 32.7 Å². The molecule has 0 aliphatic rings. The normalized spacial score (nSPS) is 12.9. The molecule has 0 fully saturated rings. The average Bonchev–Trinajstić information content (AvgIpc) is 2.84. The van der Waals surface area contributed by atoms with Gasteiger partial charge in [0.2, 0.25) is 0 Å². The Labute approximate surface area is 97.2 Å². The summed E-state index contributed by atoms with van der Waals surface area (Å²) in [6, 6.07) is 0.349. The molecule has 2 aromatic rings. The third-order valence-corrected chi connectivity index (χ3v) is 4.11. The quantitative estimate of drug-likeness (QED) is 0.891. The second-order valence-corrected chi connectivity index (χ2v) is 5.20. The summed E-state index contributed by atoms with van der Waals surface area (Å²) in [5, 5.41) is 6.57. The number of aryl methyl sites for hydroxylation is 1. The molecule has 0 aromatic carbocycles. The van der Waals surface area contributed by atoms with Crippen LogP contribution >= 0.6 is 22.7 Å². The van der Waals surface area contributed by atoms with E-state index in [1.54, 1.807) is 22.7 Å². The molecule has 0 spiro atoms. The Morgan fingerprint density at radius 1 is 1.40 bits per heavy atom. The van der Waals surface area contributed by atoms with Crippen LogP contribution in [-0.2, 0) is 6.54 Å². The largest absolute Gasteiger partial charge is 0.303 e. The molecule has 1 atom stereocenters. The van der Waals surface area contributed by atoms with Gasteiger partial charge in [-0.1, -0.05) is 0 Å². The van der Waals surface area contributed by atoms with Crippen molar-refractivity contribution < 1.29 is 0 Å². The van der Waals surface area contributed by atoms with Crippen molar-refractivity contribution in [2.75, 3.05) is 0 Å². The molecule has 2 heterocycles. The zero-order chi connectivity index (χ0) is 10.7. The lowest BCUT2D eigenvalue weighted by Crippen LogP contribution is -2.17.